The molecule has 1 nitrogen and oxygen atoms in total. The molecule has 0 fully saturated rings. The molecule has 0 radical (unpaired) electrons. The Bertz CT molecular complexity index is 525. The highest BCUT2D eigenvalue weighted by molar-refractivity contribution is 7.17. The van der Waals surface area contributed by atoms with E-state index in [0.717, 1.165) is 15.6 Å². The molecule has 0 bridgehead atoms. The van der Waals surface area contributed by atoms with Gasteiger partial charge in [0, 0.05) is 26.4 Å². The number of benzene rings is 1. The summed E-state index contributed by atoms with van der Waals surface area (Å²) in [5.74, 6) is 0.335. The summed E-state index contributed by atoms with van der Waals surface area (Å²) in [6, 6.07) is 5.88. The molecule has 0 atom stereocenters. The van der Waals surface area contributed by atoms with Crippen molar-refractivity contribution >= 4 is 44.6 Å². The number of fused-ring (bicyclic) bond motifs is 1. The van der Waals surface area contributed by atoms with Crippen molar-refractivity contribution in [2.75, 3.05) is 0 Å². The van der Waals surface area contributed by atoms with Gasteiger partial charge in [0.2, 0.25) is 0 Å². The van der Waals surface area contributed by atoms with E-state index in [9.17, 15) is 0 Å². The number of alkyl halides is 1. The molecule has 0 aliphatic carbocycles. The van der Waals surface area contributed by atoms with Gasteiger partial charge in [-0.05, 0) is 17.7 Å². The molecule has 4 heteroatoms. The third kappa shape index (κ3) is 1.38. The van der Waals surface area contributed by atoms with E-state index in [-0.39, 0.29) is 0 Å². The van der Waals surface area contributed by atoms with Gasteiger partial charge in [-0.1, -0.05) is 11.6 Å². The van der Waals surface area contributed by atoms with Crippen molar-refractivity contribution in [1.82, 2.24) is 0 Å². The summed E-state index contributed by atoms with van der Waals surface area (Å²) in [6.07, 6.45) is 0. The zero-order valence-corrected chi connectivity index (χ0v) is 9.38. The van der Waals surface area contributed by atoms with Gasteiger partial charge in [-0.2, -0.15) is 5.26 Å². The van der Waals surface area contributed by atoms with Crippen LogP contribution in [0.5, 0.6) is 0 Å². The lowest BCUT2D eigenvalue weighted by atomic mass is 10.1. The van der Waals surface area contributed by atoms with Crippen molar-refractivity contribution in [2.45, 2.75) is 5.88 Å². The minimum Gasteiger partial charge on any atom is -0.192 e. The van der Waals surface area contributed by atoms with E-state index in [2.05, 4.69) is 6.07 Å². The van der Waals surface area contributed by atoms with E-state index >= 15 is 0 Å². The lowest BCUT2D eigenvalue weighted by Gasteiger charge is -2.01. The van der Waals surface area contributed by atoms with Gasteiger partial charge in [-0.15, -0.1) is 22.9 Å². The summed E-state index contributed by atoms with van der Waals surface area (Å²) in [6.45, 7) is 0. The average molecular weight is 242 g/mol. The minimum absolute atomic E-state index is 0.335. The summed E-state index contributed by atoms with van der Waals surface area (Å²) < 4.78 is 1.06. The number of rotatable bonds is 1. The predicted molar refractivity (Wildman–Crippen MR) is 61.1 cm³/mol. The van der Waals surface area contributed by atoms with E-state index in [0.29, 0.717) is 16.5 Å². The third-order valence-corrected chi connectivity index (χ3v) is 3.61. The van der Waals surface area contributed by atoms with Crippen LogP contribution in [0.15, 0.2) is 17.5 Å². The first-order chi connectivity index (χ1) is 6.77. The summed E-state index contributed by atoms with van der Waals surface area (Å²) >= 11 is 13.3. The van der Waals surface area contributed by atoms with E-state index < -0.39 is 0 Å². The van der Waals surface area contributed by atoms with Crippen LogP contribution in [-0.4, -0.2) is 0 Å². The Labute approximate surface area is 95.5 Å². The SMILES string of the molecule is N#Cc1csc2ccc(Cl)c(CCl)c12. The molecule has 0 N–H and O–H groups in total. The molecule has 0 saturated heterocycles. The van der Waals surface area contributed by atoms with E-state index in [4.69, 9.17) is 28.5 Å². The van der Waals surface area contributed by atoms with Gasteiger partial charge >= 0.3 is 0 Å². The largest absolute Gasteiger partial charge is 0.192 e. The molecular formula is C10H5Cl2NS. The Hall–Kier alpha value is -0.750. The molecule has 0 spiro atoms. The molecule has 2 rings (SSSR count). The summed E-state index contributed by atoms with van der Waals surface area (Å²) in [5.41, 5.74) is 1.51. The molecule has 0 unspecified atom stereocenters. The molecule has 1 heterocycles. The quantitative estimate of drug-likeness (QED) is 0.688. The summed E-state index contributed by atoms with van der Waals surface area (Å²) in [5, 5.41) is 12.3. The number of nitrogens with zero attached hydrogens (tertiary/aromatic N) is 1. The van der Waals surface area contributed by atoms with Gasteiger partial charge in [0.05, 0.1) is 5.56 Å². The van der Waals surface area contributed by atoms with E-state index in [1.807, 2.05) is 17.5 Å². The Balaban J connectivity index is 2.90. The van der Waals surface area contributed by atoms with Gasteiger partial charge in [-0.3, -0.25) is 0 Å². The van der Waals surface area contributed by atoms with Crippen LogP contribution in [-0.2, 0) is 5.88 Å². The third-order valence-electron chi connectivity index (χ3n) is 2.04. The second kappa shape index (κ2) is 3.78. The van der Waals surface area contributed by atoms with Crippen LogP contribution in [0.25, 0.3) is 10.1 Å². The number of hydrogen-bond donors (Lipinski definition) is 0. The van der Waals surface area contributed by atoms with Crippen molar-refractivity contribution < 1.29 is 0 Å². The number of thiophene rings is 1. The average Bonchev–Trinajstić information content (AvgIpc) is 2.61. The molecule has 0 aliphatic heterocycles. The first-order valence-corrected chi connectivity index (χ1v) is 5.71. The number of hydrogen-bond acceptors (Lipinski definition) is 2. The summed E-state index contributed by atoms with van der Waals surface area (Å²) in [4.78, 5) is 0. The maximum Gasteiger partial charge on any atom is 0.101 e. The highest BCUT2D eigenvalue weighted by atomic mass is 35.5. The smallest absolute Gasteiger partial charge is 0.101 e. The highest BCUT2D eigenvalue weighted by Crippen LogP contribution is 2.33. The molecule has 1 aromatic heterocycles. The molecule has 0 aliphatic rings. The zero-order chi connectivity index (χ0) is 10.1. The molecule has 0 saturated carbocycles. The number of halogens is 2. The Morgan fingerprint density at radius 3 is 2.86 bits per heavy atom. The van der Waals surface area contributed by atoms with Crippen LogP contribution in [0.2, 0.25) is 5.02 Å². The van der Waals surface area contributed by atoms with Crippen LogP contribution in [0.1, 0.15) is 11.1 Å². The van der Waals surface area contributed by atoms with Crippen LogP contribution >= 0.6 is 34.5 Å². The number of nitriles is 1. The lowest BCUT2D eigenvalue weighted by molar-refractivity contribution is 1.45. The van der Waals surface area contributed by atoms with Crippen molar-refractivity contribution in [3.8, 4) is 6.07 Å². The second-order valence-corrected chi connectivity index (χ2v) is 4.38. The highest BCUT2D eigenvalue weighted by Gasteiger charge is 2.10. The van der Waals surface area contributed by atoms with Gasteiger partial charge < -0.3 is 0 Å². The molecular weight excluding hydrogens is 237 g/mol. The van der Waals surface area contributed by atoms with Crippen molar-refractivity contribution in [2.24, 2.45) is 0 Å². The first kappa shape index (κ1) is 9.79. The Morgan fingerprint density at radius 2 is 2.21 bits per heavy atom. The molecule has 0 amide bonds. The molecule has 2 aromatic rings. The van der Waals surface area contributed by atoms with Crippen LogP contribution in [0.4, 0.5) is 0 Å². The standard InChI is InChI=1S/C10H5Cl2NS/c11-3-7-8(12)1-2-9-10(7)6(4-13)5-14-9/h1-2,5H,3H2. The van der Waals surface area contributed by atoms with E-state index in [1.165, 1.54) is 11.3 Å². The van der Waals surface area contributed by atoms with Gasteiger partial charge in [-0.25, -0.2) is 0 Å². The van der Waals surface area contributed by atoms with Crippen LogP contribution in [0, 0.1) is 11.3 Å². The van der Waals surface area contributed by atoms with Gasteiger partial charge in [0.25, 0.3) is 0 Å². The van der Waals surface area contributed by atoms with Crippen LogP contribution in [0.3, 0.4) is 0 Å². The Morgan fingerprint density at radius 1 is 1.43 bits per heavy atom. The van der Waals surface area contributed by atoms with Gasteiger partial charge in [0.1, 0.15) is 6.07 Å². The van der Waals surface area contributed by atoms with Crippen molar-refractivity contribution in [3.05, 3.63) is 33.7 Å². The molecule has 70 valence electrons. The minimum atomic E-state index is 0.335. The zero-order valence-electron chi connectivity index (χ0n) is 7.05. The maximum atomic E-state index is 8.91. The normalized spacial score (nSPS) is 10.4. The Kier molecular flexibility index (Phi) is 2.64. The monoisotopic (exact) mass is 241 g/mol. The predicted octanol–water partition coefficient (Wildman–Crippen LogP) is 4.17. The fourth-order valence-electron chi connectivity index (χ4n) is 1.39. The second-order valence-electron chi connectivity index (χ2n) is 2.79. The fraction of sp³-hybridized carbons (Fsp3) is 0.100. The molecule has 14 heavy (non-hydrogen) atoms. The van der Waals surface area contributed by atoms with Crippen molar-refractivity contribution in [3.63, 3.8) is 0 Å². The van der Waals surface area contributed by atoms with E-state index in [1.54, 1.807) is 0 Å². The van der Waals surface area contributed by atoms with Crippen molar-refractivity contribution in [1.29, 1.82) is 5.26 Å². The topological polar surface area (TPSA) is 23.8 Å². The van der Waals surface area contributed by atoms with Crippen LogP contribution < -0.4 is 0 Å². The first-order valence-electron chi connectivity index (χ1n) is 3.92. The fourth-order valence-corrected chi connectivity index (χ4v) is 2.87. The lowest BCUT2D eigenvalue weighted by Crippen LogP contribution is -1.83. The molecule has 1 aromatic carbocycles. The van der Waals surface area contributed by atoms with Gasteiger partial charge in [0.15, 0.2) is 0 Å². The summed E-state index contributed by atoms with van der Waals surface area (Å²) in [7, 11) is 0. The maximum absolute atomic E-state index is 8.91.